The zero-order chi connectivity index (χ0) is 15.5. The van der Waals surface area contributed by atoms with Gasteiger partial charge < -0.3 is 21.1 Å². The number of nitrogens with two attached hydrogens (primary N) is 1. The first-order valence-corrected chi connectivity index (χ1v) is 7.04. The van der Waals surface area contributed by atoms with Crippen molar-refractivity contribution in [2.45, 2.75) is 31.3 Å². The van der Waals surface area contributed by atoms with Crippen molar-refractivity contribution < 1.29 is 14.7 Å². The number of anilines is 1. The first-order valence-electron chi connectivity index (χ1n) is 7.04. The van der Waals surface area contributed by atoms with Crippen molar-refractivity contribution in [1.29, 1.82) is 0 Å². The molecule has 6 nitrogen and oxygen atoms in total. The van der Waals surface area contributed by atoms with Crippen LogP contribution in [0.3, 0.4) is 0 Å². The summed E-state index contributed by atoms with van der Waals surface area (Å²) < 4.78 is 0. The molecule has 0 atom stereocenters. The number of likely N-dealkylation sites (N-methyl/N-ethyl adjacent to an activating group) is 1. The molecule has 114 valence electrons. The molecule has 1 saturated carbocycles. The molecule has 21 heavy (non-hydrogen) atoms. The number of hydrogen-bond acceptors (Lipinski definition) is 3. The molecule has 2 rings (SSSR count). The summed E-state index contributed by atoms with van der Waals surface area (Å²) in [6.07, 6.45) is 3.50. The maximum Gasteiger partial charge on any atom is 0.316 e. The number of carbonyl (C=O) groups excluding carboxylic acids is 2. The Morgan fingerprint density at radius 3 is 2.38 bits per heavy atom. The Labute approximate surface area is 123 Å². The van der Waals surface area contributed by atoms with E-state index in [0.717, 1.165) is 25.7 Å². The quantitative estimate of drug-likeness (QED) is 0.785. The van der Waals surface area contributed by atoms with Gasteiger partial charge in [-0.05, 0) is 37.1 Å². The highest BCUT2D eigenvalue weighted by Gasteiger charge is 2.33. The van der Waals surface area contributed by atoms with Crippen LogP contribution in [0.2, 0.25) is 0 Å². The SMILES string of the molecule is CN(CC1(O)CCCC1)C(=O)c1ccc(NC(N)=O)cc1. The summed E-state index contributed by atoms with van der Waals surface area (Å²) >= 11 is 0. The van der Waals surface area contributed by atoms with Crippen molar-refractivity contribution in [2.24, 2.45) is 5.73 Å². The van der Waals surface area contributed by atoms with Crippen molar-refractivity contribution in [2.75, 3.05) is 18.9 Å². The Morgan fingerprint density at radius 2 is 1.86 bits per heavy atom. The molecule has 3 amide bonds. The smallest absolute Gasteiger partial charge is 0.316 e. The number of urea groups is 1. The van der Waals surface area contributed by atoms with Crippen LogP contribution >= 0.6 is 0 Å². The van der Waals surface area contributed by atoms with Crippen LogP contribution in [0.4, 0.5) is 10.5 Å². The van der Waals surface area contributed by atoms with E-state index in [-0.39, 0.29) is 5.91 Å². The summed E-state index contributed by atoms with van der Waals surface area (Å²) in [7, 11) is 1.69. The van der Waals surface area contributed by atoms with Gasteiger partial charge in [0.15, 0.2) is 0 Å². The second-order valence-electron chi connectivity index (χ2n) is 5.66. The van der Waals surface area contributed by atoms with Gasteiger partial charge in [0, 0.05) is 24.8 Å². The van der Waals surface area contributed by atoms with E-state index >= 15 is 0 Å². The molecule has 0 aliphatic heterocycles. The number of benzene rings is 1. The minimum atomic E-state index is -0.752. The average molecular weight is 291 g/mol. The fraction of sp³-hybridized carbons (Fsp3) is 0.467. The summed E-state index contributed by atoms with van der Waals surface area (Å²) in [5.74, 6) is -0.152. The zero-order valence-corrected chi connectivity index (χ0v) is 12.1. The summed E-state index contributed by atoms with van der Waals surface area (Å²) in [5.41, 5.74) is 5.32. The van der Waals surface area contributed by atoms with Crippen LogP contribution in [0.5, 0.6) is 0 Å². The van der Waals surface area contributed by atoms with Crippen molar-refractivity contribution >= 4 is 17.6 Å². The van der Waals surface area contributed by atoms with E-state index in [2.05, 4.69) is 5.32 Å². The van der Waals surface area contributed by atoms with Gasteiger partial charge >= 0.3 is 6.03 Å². The van der Waals surface area contributed by atoms with E-state index in [0.29, 0.717) is 17.8 Å². The third kappa shape index (κ3) is 3.95. The molecule has 1 aliphatic carbocycles. The molecule has 0 heterocycles. The monoisotopic (exact) mass is 291 g/mol. The molecule has 1 aromatic carbocycles. The fourth-order valence-corrected chi connectivity index (χ4v) is 2.76. The van der Waals surface area contributed by atoms with E-state index in [1.165, 1.54) is 0 Å². The summed E-state index contributed by atoms with van der Waals surface area (Å²) in [5, 5.41) is 12.8. The molecular formula is C15H21N3O3. The van der Waals surface area contributed by atoms with Crippen LogP contribution in [0.1, 0.15) is 36.0 Å². The van der Waals surface area contributed by atoms with Gasteiger partial charge in [-0.2, -0.15) is 0 Å². The van der Waals surface area contributed by atoms with Crippen molar-refractivity contribution in [3.05, 3.63) is 29.8 Å². The van der Waals surface area contributed by atoms with E-state index in [1.54, 1.807) is 36.2 Å². The number of amides is 3. The minimum absolute atomic E-state index is 0.152. The molecular weight excluding hydrogens is 270 g/mol. The Balaban J connectivity index is 2.00. The number of nitrogens with one attached hydrogen (secondary N) is 1. The van der Waals surface area contributed by atoms with Gasteiger partial charge in [-0.1, -0.05) is 12.8 Å². The van der Waals surface area contributed by atoms with E-state index in [4.69, 9.17) is 5.73 Å². The molecule has 6 heteroatoms. The number of primary amides is 1. The lowest BCUT2D eigenvalue weighted by atomic mass is 10.0. The van der Waals surface area contributed by atoms with Crippen LogP contribution < -0.4 is 11.1 Å². The van der Waals surface area contributed by atoms with Gasteiger partial charge in [0.1, 0.15) is 0 Å². The molecule has 0 bridgehead atoms. The van der Waals surface area contributed by atoms with E-state index in [9.17, 15) is 14.7 Å². The highest BCUT2D eigenvalue weighted by Crippen LogP contribution is 2.30. The summed E-state index contributed by atoms with van der Waals surface area (Å²) in [6, 6.07) is 5.85. The van der Waals surface area contributed by atoms with Gasteiger partial charge in [-0.3, -0.25) is 4.79 Å². The zero-order valence-electron chi connectivity index (χ0n) is 12.1. The van der Waals surface area contributed by atoms with E-state index in [1.807, 2.05) is 0 Å². The molecule has 0 unspecified atom stereocenters. The summed E-state index contributed by atoms with van der Waals surface area (Å²) in [6.45, 7) is 0.340. The second-order valence-corrected chi connectivity index (χ2v) is 5.66. The average Bonchev–Trinajstić information content (AvgIpc) is 2.84. The Bertz CT molecular complexity index is 521. The number of rotatable bonds is 4. The molecule has 1 fully saturated rings. The maximum absolute atomic E-state index is 12.3. The van der Waals surface area contributed by atoms with E-state index < -0.39 is 11.6 Å². The Kier molecular flexibility index (Phi) is 4.47. The van der Waals surface area contributed by atoms with Gasteiger partial charge in [-0.15, -0.1) is 0 Å². The van der Waals surface area contributed by atoms with Crippen LogP contribution in [0, 0.1) is 0 Å². The van der Waals surface area contributed by atoms with Gasteiger partial charge in [0.25, 0.3) is 5.91 Å². The third-order valence-electron chi connectivity index (χ3n) is 3.81. The third-order valence-corrected chi connectivity index (χ3v) is 3.81. The standard InChI is InChI=1S/C15H21N3O3/c1-18(10-15(21)8-2-3-9-15)13(19)11-4-6-12(7-5-11)17-14(16)20/h4-7,21H,2-3,8-10H2,1H3,(H3,16,17,20). The molecule has 0 radical (unpaired) electrons. The number of aliphatic hydroxyl groups is 1. The topological polar surface area (TPSA) is 95.7 Å². The molecule has 0 saturated heterocycles. The van der Waals surface area contributed by atoms with Gasteiger partial charge in [-0.25, -0.2) is 4.79 Å². The number of nitrogens with zero attached hydrogens (tertiary/aromatic N) is 1. The first-order chi connectivity index (χ1) is 9.89. The summed E-state index contributed by atoms with van der Waals surface area (Å²) in [4.78, 5) is 24.6. The fourth-order valence-electron chi connectivity index (χ4n) is 2.76. The molecule has 0 aromatic heterocycles. The van der Waals surface area contributed by atoms with Crippen molar-refractivity contribution in [3.8, 4) is 0 Å². The van der Waals surface area contributed by atoms with Gasteiger partial charge in [0.2, 0.25) is 0 Å². The predicted octanol–water partition coefficient (Wildman–Crippen LogP) is 1.55. The Hall–Kier alpha value is -2.08. The maximum atomic E-state index is 12.3. The number of hydrogen-bond donors (Lipinski definition) is 3. The van der Waals surface area contributed by atoms with Crippen molar-refractivity contribution in [1.82, 2.24) is 4.90 Å². The largest absolute Gasteiger partial charge is 0.388 e. The van der Waals surface area contributed by atoms with Crippen LogP contribution in [-0.2, 0) is 0 Å². The van der Waals surface area contributed by atoms with Gasteiger partial charge in [0.05, 0.1) is 5.60 Å². The predicted molar refractivity (Wildman–Crippen MR) is 80.0 cm³/mol. The molecule has 1 aromatic rings. The van der Waals surface area contributed by atoms with Crippen LogP contribution in [0.15, 0.2) is 24.3 Å². The minimum Gasteiger partial charge on any atom is -0.388 e. The normalized spacial score (nSPS) is 16.5. The molecule has 1 aliphatic rings. The molecule has 0 spiro atoms. The second kappa shape index (κ2) is 6.13. The lowest BCUT2D eigenvalue weighted by Gasteiger charge is -2.28. The highest BCUT2D eigenvalue weighted by molar-refractivity contribution is 5.95. The van der Waals surface area contributed by atoms with Crippen LogP contribution in [0.25, 0.3) is 0 Å². The van der Waals surface area contributed by atoms with Crippen LogP contribution in [-0.4, -0.2) is 41.1 Å². The highest BCUT2D eigenvalue weighted by atomic mass is 16.3. The van der Waals surface area contributed by atoms with Crippen molar-refractivity contribution in [3.63, 3.8) is 0 Å². The molecule has 4 N–H and O–H groups in total. The lowest BCUT2D eigenvalue weighted by Crippen LogP contribution is -2.42. The lowest BCUT2D eigenvalue weighted by molar-refractivity contribution is 0.0157. The first kappa shape index (κ1) is 15.3. The Morgan fingerprint density at radius 1 is 1.29 bits per heavy atom. The number of carbonyl (C=O) groups is 2.